The van der Waals surface area contributed by atoms with Crippen LogP contribution in [0.3, 0.4) is 0 Å². The molecule has 0 aromatic heterocycles. The standard InChI is InChI=1S/C24H19FN2O3S/c1-31-19-13-7-15(8-14-19)21-20-22(30-27(21)18-5-3-2-4-6-18)24(29)26(23(20)28)17-11-9-16(25)10-12-17/h2-14,20-22H,1H3/t20-,21-,22+/m1/s1. The molecular weight excluding hydrogens is 415 g/mol. The molecule has 3 atom stereocenters. The van der Waals surface area contributed by atoms with Gasteiger partial charge in [0.05, 0.1) is 17.4 Å². The second kappa shape index (κ2) is 7.83. The Balaban J connectivity index is 1.57. The Labute approximate surface area is 183 Å². The van der Waals surface area contributed by atoms with Crippen LogP contribution in [0.5, 0.6) is 0 Å². The minimum absolute atomic E-state index is 0.345. The summed E-state index contributed by atoms with van der Waals surface area (Å²) in [4.78, 5) is 35.0. The predicted octanol–water partition coefficient (Wildman–Crippen LogP) is 4.60. The number of carbonyl (C=O) groups is 2. The summed E-state index contributed by atoms with van der Waals surface area (Å²) < 4.78 is 13.4. The summed E-state index contributed by atoms with van der Waals surface area (Å²) in [5.41, 5.74) is 2.00. The minimum Gasteiger partial charge on any atom is -0.273 e. The van der Waals surface area contributed by atoms with Crippen LogP contribution in [0.25, 0.3) is 0 Å². The second-order valence-electron chi connectivity index (χ2n) is 7.42. The molecule has 0 aliphatic carbocycles. The van der Waals surface area contributed by atoms with Crippen LogP contribution in [0.1, 0.15) is 11.6 Å². The molecule has 2 heterocycles. The molecule has 5 rings (SSSR count). The lowest BCUT2D eigenvalue weighted by atomic mass is 9.90. The van der Waals surface area contributed by atoms with E-state index in [1.807, 2.05) is 60.9 Å². The van der Waals surface area contributed by atoms with E-state index >= 15 is 0 Å². The number of hydrogen-bond donors (Lipinski definition) is 0. The quantitative estimate of drug-likeness (QED) is 0.444. The molecule has 156 valence electrons. The maximum absolute atomic E-state index is 13.5. The van der Waals surface area contributed by atoms with Crippen molar-refractivity contribution >= 4 is 35.0 Å². The summed E-state index contributed by atoms with van der Waals surface area (Å²) >= 11 is 1.63. The summed E-state index contributed by atoms with van der Waals surface area (Å²) in [5, 5.41) is 1.67. The maximum Gasteiger partial charge on any atom is 0.266 e. The van der Waals surface area contributed by atoms with Gasteiger partial charge >= 0.3 is 0 Å². The molecule has 0 unspecified atom stereocenters. The number of benzene rings is 3. The van der Waals surface area contributed by atoms with Crippen molar-refractivity contribution in [2.24, 2.45) is 5.92 Å². The van der Waals surface area contributed by atoms with Crippen molar-refractivity contribution in [2.45, 2.75) is 17.0 Å². The van der Waals surface area contributed by atoms with Crippen LogP contribution in [-0.4, -0.2) is 24.2 Å². The normalized spacial score (nSPS) is 22.8. The molecule has 3 aromatic rings. The number of hydroxylamine groups is 1. The number of hydrogen-bond acceptors (Lipinski definition) is 5. The number of rotatable bonds is 4. The first kappa shape index (κ1) is 19.8. The Morgan fingerprint density at radius 3 is 2.16 bits per heavy atom. The van der Waals surface area contributed by atoms with Crippen LogP contribution in [0.4, 0.5) is 15.8 Å². The number of amides is 2. The van der Waals surface area contributed by atoms with E-state index in [9.17, 15) is 14.0 Å². The average molecular weight is 434 g/mol. The van der Waals surface area contributed by atoms with Gasteiger partial charge in [-0.15, -0.1) is 11.8 Å². The summed E-state index contributed by atoms with van der Waals surface area (Å²) in [6, 6.07) is 22.2. The third-order valence-corrected chi connectivity index (χ3v) is 6.41. The number of halogens is 1. The SMILES string of the molecule is CSc1ccc([C@@H]2[C@H]3C(=O)N(c4ccc(F)cc4)C(=O)[C@H]3ON2c2ccccc2)cc1. The first-order chi connectivity index (χ1) is 15.1. The van der Waals surface area contributed by atoms with E-state index in [0.717, 1.165) is 21.0 Å². The van der Waals surface area contributed by atoms with Gasteiger partial charge < -0.3 is 0 Å². The fraction of sp³-hybridized carbons (Fsp3) is 0.167. The number of carbonyl (C=O) groups excluding carboxylic acids is 2. The highest BCUT2D eigenvalue weighted by molar-refractivity contribution is 7.98. The third-order valence-electron chi connectivity index (χ3n) is 5.67. The summed E-state index contributed by atoms with van der Waals surface area (Å²) in [7, 11) is 0. The number of anilines is 2. The minimum atomic E-state index is -0.942. The molecule has 2 fully saturated rings. The Bertz CT molecular complexity index is 1120. The van der Waals surface area contributed by atoms with Gasteiger partial charge in [0, 0.05) is 4.90 Å². The number of nitrogens with zero attached hydrogens (tertiary/aromatic N) is 2. The maximum atomic E-state index is 13.5. The first-order valence-electron chi connectivity index (χ1n) is 9.87. The molecule has 7 heteroatoms. The monoisotopic (exact) mass is 434 g/mol. The number of para-hydroxylation sites is 1. The van der Waals surface area contributed by atoms with Crippen molar-refractivity contribution < 1.29 is 18.8 Å². The zero-order valence-electron chi connectivity index (χ0n) is 16.6. The van der Waals surface area contributed by atoms with Crippen LogP contribution in [0.15, 0.2) is 83.8 Å². The molecule has 5 nitrogen and oxygen atoms in total. The predicted molar refractivity (Wildman–Crippen MR) is 117 cm³/mol. The van der Waals surface area contributed by atoms with Crippen molar-refractivity contribution in [1.82, 2.24) is 0 Å². The van der Waals surface area contributed by atoms with E-state index < -0.39 is 29.8 Å². The van der Waals surface area contributed by atoms with Crippen molar-refractivity contribution in [3.63, 3.8) is 0 Å². The summed E-state index contributed by atoms with van der Waals surface area (Å²) in [6.07, 6.45) is 1.06. The van der Waals surface area contributed by atoms with Crippen LogP contribution in [0.2, 0.25) is 0 Å². The van der Waals surface area contributed by atoms with Gasteiger partial charge in [-0.2, -0.15) is 0 Å². The zero-order valence-corrected chi connectivity index (χ0v) is 17.5. The molecule has 2 amide bonds. The topological polar surface area (TPSA) is 49.9 Å². The summed E-state index contributed by atoms with van der Waals surface area (Å²) in [6.45, 7) is 0. The fourth-order valence-corrected chi connectivity index (χ4v) is 4.61. The van der Waals surface area contributed by atoms with Gasteiger partial charge in [0.25, 0.3) is 5.91 Å². The van der Waals surface area contributed by atoms with E-state index in [1.54, 1.807) is 16.8 Å². The Morgan fingerprint density at radius 2 is 1.52 bits per heavy atom. The highest BCUT2D eigenvalue weighted by Crippen LogP contribution is 2.47. The van der Waals surface area contributed by atoms with Gasteiger partial charge in [-0.1, -0.05) is 30.3 Å². The smallest absolute Gasteiger partial charge is 0.266 e. The van der Waals surface area contributed by atoms with E-state index in [-0.39, 0.29) is 5.91 Å². The summed E-state index contributed by atoms with van der Waals surface area (Å²) in [5.74, 6) is -1.93. The lowest BCUT2D eigenvalue weighted by molar-refractivity contribution is -0.126. The van der Waals surface area contributed by atoms with E-state index in [1.165, 1.54) is 24.3 Å². The molecule has 0 radical (unpaired) electrons. The van der Waals surface area contributed by atoms with Crippen molar-refractivity contribution in [2.75, 3.05) is 16.2 Å². The van der Waals surface area contributed by atoms with Gasteiger partial charge in [0.1, 0.15) is 11.7 Å². The molecule has 0 saturated carbocycles. The molecule has 2 aliphatic rings. The molecule has 2 saturated heterocycles. The molecule has 0 spiro atoms. The van der Waals surface area contributed by atoms with E-state index in [2.05, 4.69) is 0 Å². The van der Waals surface area contributed by atoms with E-state index in [0.29, 0.717) is 5.69 Å². The van der Waals surface area contributed by atoms with Gasteiger partial charge in [-0.05, 0) is 60.4 Å². The number of fused-ring (bicyclic) bond motifs is 1. The van der Waals surface area contributed by atoms with Crippen molar-refractivity contribution in [1.29, 1.82) is 0 Å². The zero-order chi connectivity index (χ0) is 21.5. The highest BCUT2D eigenvalue weighted by atomic mass is 32.2. The second-order valence-corrected chi connectivity index (χ2v) is 8.30. The molecule has 31 heavy (non-hydrogen) atoms. The van der Waals surface area contributed by atoms with Crippen LogP contribution in [0, 0.1) is 11.7 Å². The Morgan fingerprint density at radius 1 is 0.839 bits per heavy atom. The van der Waals surface area contributed by atoms with Gasteiger partial charge in [-0.3, -0.25) is 14.4 Å². The van der Waals surface area contributed by atoms with Crippen molar-refractivity contribution in [3.8, 4) is 0 Å². The largest absolute Gasteiger partial charge is 0.273 e. The van der Waals surface area contributed by atoms with Gasteiger partial charge in [0.15, 0.2) is 6.10 Å². The molecule has 0 N–H and O–H groups in total. The number of thioether (sulfide) groups is 1. The van der Waals surface area contributed by atoms with Gasteiger partial charge in [-0.25, -0.2) is 14.4 Å². The highest BCUT2D eigenvalue weighted by Gasteiger charge is 2.60. The molecule has 0 bridgehead atoms. The van der Waals surface area contributed by atoms with Crippen molar-refractivity contribution in [3.05, 3.63) is 90.2 Å². The Hall–Kier alpha value is -3.16. The lowest BCUT2D eigenvalue weighted by Gasteiger charge is -2.28. The molecular formula is C24H19FN2O3S. The molecule has 2 aliphatic heterocycles. The van der Waals surface area contributed by atoms with Crippen LogP contribution < -0.4 is 9.96 Å². The lowest BCUT2D eigenvalue weighted by Crippen LogP contribution is -2.37. The van der Waals surface area contributed by atoms with Gasteiger partial charge in [0.2, 0.25) is 5.91 Å². The molecule has 3 aromatic carbocycles. The number of imide groups is 1. The Kier molecular flexibility index (Phi) is 5.00. The van der Waals surface area contributed by atoms with Crippen LogP contribution >= 0.6 is 11.8 Å². The van der Waals surface area contributed by atoms with Crippen LogP contribution in [-0.2, 0) is 14.4 Å². The first-order valence-corrected chi connectivity index (χ1v) is 11.1. The third kappa shape index (κ3) is 3.30. The fourth-order valence-electron chi connectivity index (χ4n) is 4.20. The average Bonchev–Trinajstić information content (AvgIpc) is 3.31. The van der Waals surface area contributed by atoms with E-state index in [4.69, 9.17) is 4.84 Å².